The topological polar surface area (TPSA) is 101 Å². The van der Waals surface area contributed by atoms with Crippen LogP contribution in [0.5, 0.6) is 0 Å². The monoisotopic (exact) mass is 374 g/mol. The van der Waals surface area contributed by atoms with Crippen LogP contribution in [0.4, 0.5) is 11.4 Å². The van der Waals surface area contributed by atoms with E-state index in [-0.39, 0.29) is 34.0 Å². The van der Waals surface area contributed by atoms with Crippen molar-refractivity contribution in [1.29, 1.82) is 0 Å². The Bertz CT molecular complexity index is 636. The van der Waals surface area contributed by atoms with Gasteiger partial charge in [-0.15, -0.1) is 0 Å². The molecule has 1 amide bonds. The number of nitro groups is 1. The van der Waals surface area contributed by atoms with Crippen molar-refractivity contribution in [2.75, 3.05) is 17.2 Å². The Morgan fingerprint density at radius 3 is 2.71 bits per heavy atom. The van der Waals surface area contributed by atoms with E-state index in [1.165, 1.54) is 11.0 Å². The molecular formula is C12H11BrN2O5S. The Balaban J connectivity index is 2.55. The van der Waals surface area contributed by atoms with Crippen LogP contribution in [0.2, 0.25) is 0 Å². The SMILES string of the molecule is O=C(O)c1cc(Br)c(N2CC(CS)CC2=O)c([N+](=O)[O-])c1. The molecule has 1 aromatic carbocycles. The molecule has 7 nitrogen and oxygen atoms in total. The summed E-state index contributed by atoms with van der Waals surface area (Å²) >= 11 is 7.28. The van der Waals surface area contributed by atoms with Crippen molar-refractivity contribution in [2.45, 2.75) is 6.42 Å². The number of hydrogen-bond donors (Lipinski definition) is 2. The van der Waals surface area contributed by atoms with E-state index in [1.54, 1.807) is 0 Å². The number of hydrogen-bond acceptors (Lipinski definition) is 5. The van der Waals surface area contributed by atoms with Crippen LogP contribution in [0.3, 0.4) is 0 Å². The highest BCUT2D eigenvalue weighted by atomic mass is 79.9. The summed E-state index contributed by atoms with van der Waals surface area (Å²) in [7, 11) is 0. The number of carbonyl (C=O) groups is 2. The molecule has 9 heteroatoms. The summed E-state index contributed by atoms with van der Waals surface area (Å²) in [6, 6.07) is 2.22. The van der Waals surface area contributed by atoms with E-state index < -0.39 is 16.6 Å². The van der Waals surface area contributed by atoms with Gasteiger partial charge in [0.1, 0.15) is 5.69 Å². The maximum absolute atomic E-state index is 12.0. The maximum atomic E-state index is 12.0. The number of aromatic carboxylic acids is 1. The van der Waals surface area contributed by atoms with Crippen molar-refractivity contribution < 1.29 is 19.6 Å². The van der Waals surface area contributed by atoms with Gasteiger partial charge >= 0.3 is 5.97 Å². The molecule has 1 unspecified atom stereocenters. The minimum Gasteiger partial charge on any atom is -0.478 e. The molecule has 0 bridgehead atoms. The van der Waals surface area contributed by atoms with E-state index in [4.69, 9.17) is 5.11 Å². The van der Waals surface area contributed by atoms with E-state index in [9.17, 15) is 19.7 Å². The number of thiol groups is 1. The van der Waals surface area contributed by atoms with Crippen molar-refractivity contribution in [3.8, 4) is 0 Å². The molecule has 1 heterocycles. The van der Waals surface area contributed by atoms with Crippen molar-refractivity contribution in [3.05, 3.63) is 32.3 Å². The first kappa shape index (κ1) is 15.8. The van der Waals surface area contributed by atoms with Crippen LogP contribution in [0, 0.1) is 16.0 Å². The third-order valence-corrected chi connectivity index (χ3v) is 4.34. The number of nitro benzene ring substituents is 1. The smallest absolute Gasteiger partial charge is 0.335 e. The Labute approximate surface area is 133 Å². The van der Waals surface area contributed by atoms with Gasteiger partial charge in [0.15, 0.2) is 0 Å². The van der Waals surface area contributed by atoms with Gasteiger partial charge in [0, 0.05) is 23.5 Å². The van der Waals surface area contributed by atoms with E-state index >= 15 is 0 Å². The highest BCUT2D eigenvalue weighted by Crippen LogP contribution is 2.40. The highest BCUT2D eigenvalue weighted by Gasteiger charge is 2.35. The summed E-state index contributed by atoms with van der Waals surface area (Å²) in [4.78, 5) is 34.8. The fourth-order valence-electron chi connectivity index (χ4n) is 2.23. The maximum Gasteiger partial charge on any atom is 0.335 e. The number of carbonyl (C=O) groups excluding carboxylic acids is 1. The lowest BCUT2D eigenvalue weighted by Gasteiger charge is -2.18. The third kappa shape index (κ3) is 3.03. The van der Waals surface area contributed by atoms with Crippen molar-refractivity contribution >= 4 is 51.8 Å². The summed E-state index contributed by atoms with van der Waals surface area (Å²) < 4.78 is 0.210. The predicted octanol–water partition coefficient (Wildman–Crippen LogP) is 2.34. The molecule has 112 valence electrons. The molecule has 1 aromatic rings. The third-order valence-electron chi connectivity index (χ3n) is 3.22. The van der Waals surface area contributed by atoms with Gasteiger partial charge < -0.3 is 10.0 Å². The Morgan fingerprint density at radius 2 is 2.24 bits per heavy atom. The molecule has 0 saturated carbocycles. The lowest BCUT2D eigenvalue weighted by Crippen LogP contribution is -2.26. The molecule has 1 N–H and O–H groups in total. The number of benzene rings is 1. The fraction of sp³-hybridized carbons (Fsp3) is 0.333. The Morgan fingerprint density at radius 1 is 1.57 bits per heavy atom. The second-order valence-corrected chi connectivity index (χ2v) is 5.86. The number of nitrogens with zero attached hydrogens (tertiary/aromatic N) is 2. The number of halogens is 1. The average Bonchev–Trinajstić information content (AvgIpc) is 2.78. The number of carboxylic acid groups (broad SMARTS) is 1. The molecule has 0 aromatic heterocycles. The highest BCUT2D eigenvalue weighted by molar-refractivity contribution is 9.10. The van der Waals surface area contributed by atoms with Crippen LogP contribution in [-0.4, -0.2) is 34.2 Å². The second kappa shape index (κ2) is 6.02. The molecule has 21 heavy (non-hydrogen) atoms. The van der Waals surface area contributed by atoms with Gasteiger partial charge in [-0.25, -0.2) is 4.79 Å². The normalized spacial score (nSPS) is 18.1. The number of amides is 1. The van der Waals surface area contributed by atoms with Crippen LogP contribution in [0.1, 0.15) is 16.8 Å². The molecule has 1 saturated heterocycles. The summed E-state index contributed by atoms with van der Waals surface area (Å²) in [5.74, 6) is -0.986. The first-order valence-electron chi connectivity index (χ1n) is 5.97. The fourth-order valence-corrected chi connectivity index (χ4v) is 3.14. The van der Waals surface area contributed by atoms with Crippen molar-refractivity contribution in [3.63, 3.8) is 0 Å². The minimum absolute atomic E-state index is 0.0199. The minimum atomic E-state index is -1.27. The molecule has 0 spiro atoms. The number of anilines is 1. The lowest BCUT2D eigenvalue weighted by molar-refractivity contribution is -0.384. The summed E-state index contributed by atoms with van der Waals surface area (Å²) in [6.07, 6.45) is 0.272. The zero-order valence-corrected chi connectivity index (χ0v) is 13.1. The van der Waals surface area contributed by atoms with E-state index in [0.29, 0.717) is 12.3 Å². The van der Waals surface area contributed by atoms with Crippen LogP contribution < -0.4 is 4.90 Å². The standard InChI is InChI=1S/C12H11BrN2O5S/c13-8-2-7(12(17)18)3-9(15(19)20)11(8)14-4-6(5-21)1-10(14)16/h2-3,6,21H,1,4-5H2,(H,17,18). The van der Waals surface area contributed by atoms with Crippen LogP contribution in [0.25, 0.3) is 0 Å². The van der Waals surface area contributed by atoms with E-state index in [0.717, 1.165) is 6.07 Å². The molecule has 2 rings (SSSR count). The molecule has 0 radical (unpaired) electrons. The lowest BCUT2D eigenvalue weighted by atomic mass is 10.1. The zero-order valence-electron chi connectivity index (χ0n) is 10.7. The van der Waals surface area contributed by atoms with Gasteiger partial charge in [0.25, 0.3) is 5.69 Å². The van der Waals surface area contributed by atoms with Crippen LogP contribution in [-0.2, 0) is 4.79 Å². The number of rotatable bonds is 4. The van der Waals surface area contributed by atoms with Crippen LogP contribution >= 0.6 is 28.6 Å². The predicted molar refractivity (Wildman–Crippen MR) is 82.1 cm³/mol. The van der Waals surface area contributed by atoms with Gasteiger partial charge in [-0.2, -0.15) is 12.6 Å². The molecule has 0 aliphatic carbocycles. The summed E-state index contributed by atoms with van der Waals surface area (Å²) in [5.41, 5.74) is -0.524. The van der Waals surface area contributed by atoms with Gasteiger partial charge in [-0.05, 0) is 33.7 Å². The van der Waals surface area contributed by atoms with Gasteiger partial charge in [-0.3, -0.25) is 14.9 Å². The first-order chi connectivity index (χ1) is 9.85. The second-order valence-electron chi connectivity index (χ2n) is 4.65. The average molecular weight is 375 g/mol. The zero-order chi connectivity index (χ0) is 15.7. The molecule has 1 atom stereocenters. The Kier molecular flexibility index (Phi) is 4.52. The van der Waals surface area contributed by atoms with Gasteiger partial charge in [0.2, 0.25) is 5.91 Å². The van der Waals surface area contributed by atoms with Crippen molar-refractivity contribution in [2.24, 2.45) is 5.92 Å². The van der Waals surface area contributed by atoms with E-state index in [2.05, 4.69) is 28.6 Å². The van der Waals surface area contributed by atoms with E-state index in [1.807, 2.05) is 0 Å². The summed E-state index contributed by atoms with van der Waals surface area (Å²) in [6.45, 7) is 0.328. The van der Waals surface area contributed by atoms with Crippen LogP contribution in [0.15, 0.2) is 16.6 Å². The molecule has 1 aliphatic heterocycles. The van der Waals surface area contributed by atoms with Gasteiger partial charge in [-0.1, -0.05) is 0 Å². The number of carboxylic acids is 1. The Hall–Kier alpha value is -1.61. The van der Waals surface area contributed by atoms with Gasteiger partial charge in [0.05, 0.1) is 10.5 Å². The first-order valence-corrected chi connectivity index (χ1v) is 7.40. The largest absolute Gasteiger partial charge is 0.478 e. The van der Waals surface area contributed by atoms with Crippen molar-refractivity contribution in [1.82, 2.24) is 0 Å². The quantitative estimate of drug-likeness (QED) is 0.478. The summed E-state index contributed by atoms with van der Waals surface area (Å²) in [5, 5.41) is 20.2. The molecule has 1 fully saturated rings. The molecule has 1 aliphatic rings. The molecular weight excluding hydrogens is 364 g/mol.